The Labute approximate surface area is 124 Å². The molecule has 0 atom stereocenters. The van der Waals surface area contributed by atoms with E-state index in [0.29, 0.717) is 12.4 Å². The van der Waals surface area contributed by atoms with Gasteiger partial charge in [-0.15, -0.1) is 0 Å². The van der Waals surface area contributed by atoms with Gasteiger partial charge in [-0.25, -0.2) is 4.39 Å². The van der Waals surface area contributed by atoms with Gasteiger partial charge < -0.3 is 5.32 Å². The fourth-order valence-corrected chi connectivity index (χ4v) is 2.23. The minimum atomic E-state index is -0.262. The highest BCUT2D eigenvalue weighted by Crippen LogP contribution is 2.12. The Morgan fingerprint density at radius 1 is 1.33 bits per heavy atom. The Morgan fingerprint density at radius 2 is 2.10 bits per heavy atom. The molecule has 4 nitrogen and oxygen atoms in total. The Balaban J connectivity index is 2.00. The lowest BCUT2D eigenvalue weighted by Crippen LogP contribution is -2.22. The Bertz CT molecular complexity index is 605. The second-order valence-electron chi connectivity index (χ2n) is 5.03. The number of halogens is 1. The van der Waals surface area contributed by atoms with E-state index in [1.54, 1.807) is 23.0 Å². The van der Waals surface area contributed by atoms with Gasteiger partial charge in [0.25, 0.3) is 0 Å². The lowest BCUT2D eigenvalue weighted by Gasteiger charge is -2.10. The molecule has 1 N–H and O–H groups in total. The first kappa shape index (κ1) is 15.2. The summed E-state index contributed by atoms with van der Waals surface area (Å²) >= 11 is 0. The maximum atomic E-state index is 13.1. The largest absolute Gasteiger partial charge is 0.309 e. The standard InChI is InChI=1S/C16H20FN3O/c1-3-13(4-2)16(21)18-15-8-9-20(19-15)11-12-6-5-7-14(17)10-12/h5-10,13H,3-4,11H2,1-2H3,(H,18,19,21). The third kappa shape index (κ3) is 4.15. The van der Waals surface area contributed by atoms with Crippen molar-refractivity contribution in [1.29, 1.82) is 0 Å². The van der Waals surface area contributed by atoms with E-state index >= 15 is 0 Å². The minimum Gasteiger partial charge on any atom is -0.309 e. The first-order valence-corrected chi connectivity index (χ1v) is 7.21. The van der Waals surface area contributed by atoms with Crippen molar-refractivity contribution in [3.63, 3.8) is 0 Å². The third-order valence-electron chi connectivity index (χ3n) is 3.48. The number of amides is 1. The summed E-state index contributed by atoms with van der Waals surface area (Å²) in [5.74, 6) is 0.277. The summed E-state index contributed by atoms with van der Waals surface area (Å²) < 4.78 is 14.8. The van der Waals surface area contributed by atoms with Crippen molar-refractivity contribution < 1.29 is 9.18 Å². The number of aromatic nitrogens is 2. The van der Waals surface area contributed by atoms with Gasteiger partial charge in [-0.2, -0.15) is 5.10 Å². The molecule has 0 bridgehead atoms. The average Bonchev–Trinajstić information content (AvgIpc) is 2.87. The highest BCUT2D eigenvalue weighted by atomic mass is 19.1. The SMILES string of the molecule is CCC(CC)C(=O)Nc1ccn(Cc2cccc(F)c2)n1. The van der Waals surface area contributed by atoms with Crippen LogP contribution in [-0.4, -0.2) is 15.7 Å². The van der Waals surface area contributed by atoms with Gasteiger partial charge in [-0.3, -0.25) is 9.48 Å². The van der Waals surface area contributed by atoms with Crippen LogP contribution in [0.2, 0.25) is 0 Å². The maximum absolute atomic E-state index is 13.1. The maximum Gasteiger partial charge on any atom is 0.228 e. The lowest BCUT2D eigenvalue weighted by molar-refractivity contribution is -0.120. The van der Waals surface area contributed by atoms with Gasteiger partial charge in [0.15, 0.2) is 5.82 Å². The summed E-state index contributed by atoms with van der Waals surface area (Å²) in [4.78, 5) is 12.0. The molecule has 0 spiro atoms. The van der Waals surface area contributed by atoms with Crippen LogP contribution in [0.15, 0.2) is 36.5 Å². The van der Waals surface area contributed by atoms with E-state index in [-0.39, 0.29) is 17.6 Å². The molecule has 0 saturated heterocycles. The molecule has 1 aromatic carbocycles. The molecule has 0 fully saturated rings. The van der Waals surface area contributed by atoms with E-state index in [2.05, 4.69) is 10.4 Å². The van der Waals surface area contributed by atoms with E-state index in [1.165, 1.54) is 12.1 Å². The molecule has 21 heavy (non-hydrogen) atoms. The van der Waals surface area contributed by atoms with Crippen LogP contribution in [-0.2, 0) is 11.3 Å². The zero-order valence-electron chi connectivity index (χ0n) is 12.3. The number of benzene rings is 1. The van der Waals surface area contributed by atoms with Crippen molar-refractivity contribution in [2.75, 3.05) is 5.32 Å². The highest BCUT2D eigenvalue weighted by Gasteiger charge is 2.15. The lowest BCUT2D eigenvalue weighted by atomic mass is 10.0. The normalized spacial score (nSPS) is 10.9. The van der Waals surface area contributed by atoms with Crippen molar-refractivity contribution in [3.8, 4) is 0 Å². The third-order valence-corrected chi connectivity index (χ3v) is 3.48. The quantitative estimate of drug-likeness (QED) is 0.885. The Kier molecular flexibility index (Phi) is 5.09. The molecular weight excluding hydrogens is 269 g/mol. The van der Waals surface area contributed by atoms with Crippen molar-refractivity contribution in [2.45, 2.75) is 33.2 Å². The van der Waals surface area contributed by atoms with E-state index in [1.807, 2.05) is 19.9 Å². The zero-order valence-corrected chi connectivity index (χ0v) is 12.3. The number of nitrogens with one attached hydrogen (secondary N) is 1. The van der Waals surface area contributed by atoms with Crippen molar-refractivity contribution in [1.82, 2.24) is 9.78 Å². The van der Waals surface area contributed by atoms with Crippen LogP contribution in [0.3, 0.4) is 0 Å². The fraction of sp³-hybridized carbons (Fsp3) is 0.375. The number of anilines is 1. The Morgan fingerprint density at radius 3 is 2.76 bits per heavy atom. The number of rotatable bonds is 6. The average molecular weight is 289 g/mol. The van der Waals surface area contributed by atoms with Crippen LogP contribution in [0.5, 0.6) is 0 Å². The van der Waals surface area contributed by atoms with Crippen molar-refractivity contribution in [3.05, 3.63) is 47.9 Å². The topological polar surface area (TPSA) is 46.9 Å². The van der Waals surface area contributed by atoms with E-state index < -0.39 is 0 Å². The van der Waals surface area contributed by atoms with Gasteiger partial charge in [0, 0.05) is 18.2 Å². The fourth-order valence-electron chi connectivity index (χ4n) is 2.23. The molecule has 2 aromatic rings. The van der Waals surface area contributed by atoms with Crippen LogP contribution in [0.4, 0.5) is 10.2 Å². The molecule has 0 aliphatic carbocycles. The monoisotopic (exact) mass is 289 g/mol. The Hall–Kier alpha value is -2.17. The van der Waals surface area contributed by atoms with Crippen LogP contribution < -0.4 is 5.32 Å². The van der Waals surface area contributed by atoms with Gasteiger partial charge in [0.05, 0.1) is 6.54 Å². The van der Waals surface area contributed by atoms with Gasteiger partial charge in [-0.05, 0) is 30.5 Å². The molecule has 1 aromatic heterocycles. The highest BCUT2D eigenvalue weighted by molar-refractivity contribution is 5.91. The predicted molar refractivity (Wildman–Crippen MR) is 80.4 cm³/mol. The first-order chi connectivity index (χ1) is 10.1. The van der Waals surface area contributed by atoms with E-state index in [0.717, 1.165) is 18.4 Å². The van der Waals surface area contributed by atoms with E-state index in [4.69, 9.17) is 0 Å². The van der Waals surface area contributed by atoms with Crippen LogP contribution in [0.1, 0.15) is 32.3 Å². The predicted octanol–water partition coefficient (Wildman–Crippen LogP) is 3.45. The van der Waals surface area contributed by atoms with Gasteiger partial charge >= 0.3 is 0 Å². The van der Waals surface area contributed by atoms with Crippen LogP contribution >= 0.6 is 0 Å². The summed E-state index contributed by atoms with van der Waals surface area (Å²) in [5.41, 5.74) is 0.830. The number of carbonyl (C=O) groups is 1. The summed E-state index contributed by atoms with van der Waals surface area (Å²) in [6.45, 7) is 4.46. The molecule has 0 aliphatic heterocycles. The molecule has 5 heteroatoms. The molecule has 0 radical (unpaired) electrons. The molecule has 0 unspecified atom stereocenters. The molecule has 0 aliphatic rings. The minimum absolute atomic E-state index is 0.00370. The number of carbonyl (C=O) groups excluding carboxylic acids is 1. The smallest absolute Gasteiger partial charge is 0.228 e. The summed E-state index contributed by atoms with van der Waals surface area (Å²) in [7, 11) is 0. The summed E-state index contributed by atoms with van der Waals surface area (Å²) in [6.07, 6.45) is 3.39. The van der Waals surface area contributed by atoms with Gasteiger partial charge in [0.1, 0.15) is 5.82 Å². The molecular formula is C16H20FN3O. The van der Waals surface area contributed by atoms with Crippen molar-refractivity contribution in [2.24, 2.45) is 5.92 Å². The second-order valence-corrected chi connectivity index (χ2v) is 5.03. The molecule has 2 rings (SSSR count). The second kappa shape index (κ2) is 7.02. The van der Waals surface area contributed by atoms with E-state index in [9.17, 15) is 9.18 Å². The number of hydrogen-bond acceptors (Lipinski definition) is 2. The summed E-state index contributed by atoms with van der Waals surface area (Å²) in [6, 6.07) is 8.15. The first-order valence-electron chi connectivity index (χ1n) is 7.21. The molecule has 112 valence electrons. The molecule has 1 heterocycles. The number of nitrogens with zero attached hydrogens (tertiary/aromatic N) is 2. The molecule has 0 saturated carbocycles. The molecule has 1 amide bonds. The summed E-state index contributed by atoms with van der Waals surface area (Å²) in [5, 5.41) is 7.10. The zero-order chi connectivity index (χ0) is 15.2. The van der Waals surface area contributed by atoms with Gasteiger partial charge in [0.2, 0.25) is 5.91 Å². The number of hydrogen-bond donors (Lipinski definition) is 1. The van der Waals surface area contributed by atoms with Crippen LogP contribution in [0.25, 0.3) is 0 Å². The van der Waals surface area contributed by atoms with Crippen LogP contribution in [0, 0.1) is 11.7 Å². The van der Waals surface area contributed by atoms with Gasteiger partial charge in [-0.1, -0.05) is 26.0 Å². The van der Waals surface area contributed by atoms with Crippen molar-refractivity contribution >= 4 is 11.7 Å².